The number of halogens is 1. The van der Waals surface area contributed by atoms with Gasteiger partial charge in [0, 0.05) is 17.2 Å². The van der Waals surface area contributed by atoms with Gasteiger partial charge in [-0.15, -0.1) is 0 Å². The number of anilines is 1. The highest BCUT2D eigenvalue weighted by Gasteiger charge is 2.17. The third-order valence-corrected chi connectivity index (χ3v) is 2.62. The highest BCUT2D eigenvalue weighted by Crippen LogP contribution is 2.18. The van der Waals surface area contributed by atoms with Crippen molar-refractivity contribution in [2.24, 2.45) is 0 Å². The molecule has 0 spiro atoms. The van der Waals surface area contributed by atoms with Crippen LogP contribution in [-0.2, 0) is 11.3 Å². The van der Waals surface area contributed by atoms with Gasteiger partial charge in [-0.25, -0.2) is 0 Å². The summed E-state index contributed by atoms with van der Waals surface area (Å²) in [6, 6.07) is 12.0. The van der Waals surface area contributed by atoms with E-state index < -0.39 is 5.91 Å². The molecule has 0 bridgehead atoms. The minimum atomic E-state index is -0.437. The van der Waals surface area contributed by atoms with Gasteiger partial charge in [0.1, 0.15) is 0 Å². The van der Waals surface area contributed by atoms with E-state index in [1.165, 1.54) is 6.07 Å². The lowest BCUT2D eigenvalue weighted by Crippen LogP contribution is -2.43. The molecule has 1 heterocycles. The average Bonchev–Trinajstić information content (AvgIpc) is 2.39. The van der Waals surface area contributed by atoms with E-state index in [2.05, 4.69) is 0 Å². The fraction of sp³-hybridized carbons (Fsp3) is 0.0769. The van der Waals surface area contributed by atoms with Crippen LogP contribution in [-0.4, -0.2) is 11.1 Å². The van der Waals surface area contributed by atoms with Gasteiger partial charge in [-0.2, -0.15) is 9.63 Å². The lowest BCUT2D eigenvalue weighted by atomic mass is 10.3. The number of hydrogen-bond donors (Lipinski definition) is 1. The van der Waals surface area contributed by atoms with Gasteiger partial charge in [0.05, 0.1) is 5.69 Å². The number of amides is 1. The highest BCUT2D eigenvalue weighted by atomic mass is 35.5. The van der Waals surface area contributed by atoms with Crippen LogP contribution in [0.2, 0.25) is 5.02 Å². The average molecular weight is 264 g/mol. The number of carbonyl (C=O) groups excluding carboxylic acids is 1. The van der Waals surface area contributed by atoms with Crippen LogP contribution in [0.15, 0.2) is 54.9 Å². The van der Waals surface area contributed by atoms with Crippen molar-refractivity contribution in [3.63, 3.8) is 0 Å². The maximum absolute atomic E-state index is 11.8. The first-order valence-electron chi connectivity index (χ1n) is 5.38. The molecule has 0 aliphatic carbocycles. The molecule has 0 radical (unpaired) electrons. The van der Waals surface area contributed by atoms with E-state index in [9.17, 15) is 10.0 Å². The van der Waals surface area contributed by atoms with Crippen LogP contribution in [0.25, 0.3) is 0 Å². The van der Waals surface area contributed by atoms with Gasteiger partial charge in [0.15, 0.2) is 12.4 Å². The van der Waals surface area contributed by atoms with Crippen molar-refractivity contribution < 1.29 is 14.6 Å². The van der Waals surface area contributed by atoms with Crippen molar-refractivity contribution >= 4 is 23.2 Å². The highest BCUT2D eigenvalue weighted by molar-refractivity contribution is 6.30. The summed E-state index contributed by atoms with van der Waals surface area (Å²) in [4.78, 5) is 11.8. The van der Waals surface area contributed by atoms with Gasteiger partial charge >= 0.3 is 5.91 Å². The predicted molar refractivity (Wildman–Crippen MR) is 67.4 cm³/mol. The van der Waals surface area contributed by atoms with Gasteiger partial charge in [-0.1, -0.05) is 23.7 Å². The Labute approximate surface area is 110 Å². The smallest absolute Gasteiger partial charge is 0.281 e. The molecule has 0 saturated carbocycles. The number of carbonyl (C=O) groups is 1. The van der Waals surface area contributed by atoms with E-state index in [1.807, 2.05) is 18.2 Å². The van der Waals surface area contributed by atoms with Crippen LogP contribution in [0.5, 0.6) is 0 Å². The fourth-order valence-corrected chi connectivity index (χ4v) is 1.70. The molecule has 0 fully saturated rings. The number of benzene rings is 1. The van der Waals surface area contributed by atoms with Crippen molar-refractivity contribution in [3.05, 3.63) is 59.9 Å². The molecular formula is C13H12ClN2O2+. The Kier molecular flexibility index (Phi) is 3.92. The van der Waals surface area contributed by atoms with Crippen LogP contribution in [0.1, 0.15) is 0 Å². The Morgan fingerprint density at radius 2 is 1.94 bits per heavy atom. The standard InChI is InChI=1S/C13H12ClN2O2/c14-11-5-4-6-12(9-11)16(18)13(17)10-15-7-2-1-3-8-15/h1-9,18H,10H2/q+1. The zero-order chi connectivity index (χ0) is 13.0. The second kappa shape index (κ2) is 5.62. The van der Waals surface area contributed by atoms with Crippen molar-refractivity contribution in [1.82, 2.24) is 0 Å². The molecule has 0 atom stereocenters. The number of rotatable bonds is 3. The molecule has 92 valence electrons. The number of hydrogen-bond acceptors (Lipinski definition) is 2. The second-order valence-corrected chi connectivity index (χ2v) is 4.17. The van der Waals surface area contributed by atoms with Crippen LogP contribution in [0.3, 0.4) is 0 Å². The summed E-state index contributed by atoms with van der Waals surface area (Å²) in [5.41, 5.74) is 0.351. The van der Waals surface area contributed by atoms with E-state index in [0.717, 1.165) is 0 Å². The summed E-state index contributed by atoms with van der Waals surface area (Å²) >= 11 is 5.80. The summed E-state index contributed by atoms with van der Waals surface area (Å²) in [7, 11) is 0. The van der Waals surface area contributed by atoms with Gasteiger partial charge in [-0.3, -0.25) is 10.0 Å². The number of nitrogens with zero attached hydrogens (tertiary/aromatic N) is 2. The molecule has 1 N–H and O–H groups in total. The van der Waals surface area contributed by atoms with E-state index >= 15 is 0 Å². The van der Waals surface area contributed by atoms with E-state index in [-0.39, 0.29) is 6.54 Å². The summed E-state index contributed by atoms with van der Waals surface area (Å²) < 4.78 is 1.68. The summed E-state index contributed by atoms with van der Waals surface area (Å²) in [6.07, 6.45) is 3.51. The first-order chi connectivity index (χ1) is 8.66. The molecule has 0 saturated heterocycles. The fourth-order valence-electron chi connectivity index (χ4n) is 1.51. The van der Waals surface area contributed by atoms with Crippen LogP contribution < -0.4 is 9.63 Å². The molecule has 1 aromatic carbocycles. The van der Waals surface area contributed by atoms with Crippen LogP contribution in [0, 0.1) is 0 Å². The van der Waals surface area contributed by atoms with E-state index in [1.54, 1.807) is 35.2 Å². The van der Waals surface area contributed by atoms with Gasteiger partial charge in [0.25, 0.3) is 0 Å². The van der Waals surface area contributed by atoms with Crippen molar-refractivity contribution in [3.8, 4) is 0 Å². The van der Waals surface area contributed by atoms with Gasteiger partial charge in [0.2, 0.25) is 6.54 Å². The monoisotopic (exact) mass is 263 g/mol. The zero-order valence-electron chi connectivity index (χ0n) is 9.53. The summed E-state index contributed by atoms with van der Waals surface area (Å²) in [5, 5.41) is 10.9. The summed E-state index contributed by atoms with van der Waals surface area (Å²) in [5.74, 6) is -0.437. The minimum absolute atomic E-state index is 0.0594. The van der Waals surface area contributed by atoms with Crippen LogP contribution in [0.4, 0.5) is 5.69 Å². The third kappa shape index (κ3) is 3.06. The van der Waals surface area contributed by atoms with Crippen molar-refractivity contribution in [2.45, 2.75) is 6.54 Å². The molecule has 1 aromatic heterocycles. The Bertz CT molecular complexity index is 546. The normalized spacial score (nSPS) is 10.1. The molecule has 5 heteroatoms. The number of hydroxylamine groups is 1. The molecule has 4 nitrogen and oxygen atoms in total. The Balaban J connectivity index is 2.10. The summed E-state index contributed by atoms with van der Waals surface area (Å²) in [6.45, 7) is 0.0594. The lowest BCUT2D eigenvalue weighted by Gasteiger charge is -2.13. The molecule has 0 aliphatic heterocycles. The first-order valence-corrected chi connectivity index (χ1v) is 5.76. The lowest BCUT2D eigenvalue weighted by molar-refractivity contribution is -0.684. The minimum Gasteiger partial charge on any atom is -0.281 e. The van der Waals surface area contributed by atoms with Crippen LogP contribution >= 0.6 is 11.6 Å². The van der Waals surface area contributed by atoms with E-state index in [4.69, 9.17) is 11.6 Å². The predicted octanol–water partition coefficient (Wildman–Crippen LogP) is 2.05. The first kappa shape index (κ1) is 12.5. The molecule has 2 rings (SSSR count). The second-order valence-electron chi connectivity index (χ2n) is 3.73. The molecular weight excluding hydrogens is 252 g/mol. The molecule has 0 unspecified atom stereocenters. The number of aromatic nitrogens is 1. The Morgan fingerprint density at radius 1 is 1.22 bits per heavy atom. The van der Waals surface area contributed by atoms with E-state index in [0.29, 0.717) is 15.8 Å². The quantitative estimate of drug-likeness (QED) is 0.523. The maximum atomic E-state index is 11.8. The van der Waals surface area contributed by atoms with Crippen molar-refractivity contribution in [1.29, 1.82) is 0 Å². The maximum Gasteiger partial charge on any atom is 0.316 e. The topological polar surface area (TPSA) is 44.4 Å². The Morgan fingerprint density at radius 3 is 2.61 bits per heavy atom. The third-order valence-electron chi connectivity index (χ3n) is 2.38. The van der Waals surface area contributed by atoms with Gasteiger partial charge < -0.3 is 0 Å². The molecule has 0 aliphatic rings. The molecule has 2 aromatic rings. The van der Waals surface area contributed by atoms with Gasteiger partial charge in [-0.05, 0) is 18.2 Å². The SMILES string of the molecule is O=C(C[n+]1ccccc1)N(O)c1cccc(Cl)c1. The zero-order valence-corrected chi connectivity index (χ0v) is 10.3. The molecule has 18 heavy (non-hydrogen) atoms. The Hall–Kier alpha value is -1.91. The largest absolute Gasteiger partial charge is 0.316 e. The molecule has 1 amide bonds. The number of pyridine rings is 1. The van der Waals surface area contributed by atoms with Crippen molar-refractivity contribution in [2.75, 3.05) is 5.06 Å².